The van der Waals surface area contributed by atoms with E-state index in [1.807, 2.05) is 0 Å². The van der Waals surface area contributed by atoms with Crippen LogP contribution in [0.5, 0.6) is 0 Å². The summed E-state index contributed by atoms with van der Waals surface area (Å²) in [4.78, 5) is 22.5. The van der Waals surface area contributed by atoms with E-state index < -0.39 is 5.37 Å². The van der Waals surface area contributed by atoms with Gasteiger partial charge in [-0.25, -0.2) is 0 Å². The van der Waals surface area contributed by atoms with Crippen molar-refractivity contribution in [1.82, 2.24) is 4.90 Å². The predicted molar refractivity (Wildman–Crippen MR) is 47.2 cm³/mol. The van der Waals surface area contributed by atoms with Crippen LogP contribution in [0.1, 0.15) is 6.92 Å². The molecule has 4 nitrogen and oxygen atoms in total. The van der Waals surface area contributed by atoms with E-state index in [0.29, 0.717) is 10.9 Å². The molecule has 1 fully saturated rings. The van der Waals surface area contributed by atoms with E-state index in [0.717, 1.165) is 11.8 Å². The fraction of sp³-hybridized carbons (Fsp3) is 0.600. The highest BCUT2D eigenvalue weighted by Gasteiger charge is 2.36. The summed E-state index contributed by atoms with van der Waals surface area (Å²) in [5, 5.41) is 1.81. The fourth-order valence-electron chi connectivity index (χ4n) is 0.784. The van der Waals surface area contributed by atoms with Crippen LogP contribution in [-0.4, -0.2) is 27.0 Å². The van der Waals surface area contributed by atoms with Gasteiger partial charge >= 0.3 is 0 Å². The number of thiocarbonyl (C=S) groups is 1. The van der Waals surface area contributed by atoms with Crippen molar-refractivity contribution in [3.05, 3.63) is 4.91 Å². The summed E-state index contributed by atoms with van der Waals surface area (Å²) in [5.74, 6) is -0.294. The summed E-state index contributed by atoms with van der Waals surface area (Å²) in [6.45, 7) is 2.31. The molecule has 0 saturated carbocycles. The van der Waals surface area contributed by atoms with Crippen molar-refractivity contribution >= 4 is 34.2 Å². The van der Waals surface area contributed by atoms with Crippen molar-refractivity contribution in [2.75, 3.05) is 6.54 Å². The van der Waals surface area contributed by atoms with Crippen LogP contribution in [0.15, 0.2) is 5.18 Å². The van der Waals surface area contributed by atoms with Crippen LogP contribution in [0.4, 0.5) is 0 Å². The zero-order valence-electron chi connectivity index (χ0n) is 5.81. The molecule has 1 amide bonds. The Morgan fingerprint density at radius 1 is 1.82 bits per heavy atom. The second-order valence-corrected chi connectivity index (χ2v) is 3.64. The Labute approximate surface area is 73.3 Å². The highest BCUT2D eigenvalue weighted by Crippen LogP contribution is 2.27. The number of nitrogens with zero attached hydrogens (tertiary/aromatic N) is 2. The Morgan fingerprint density at radius 2 is 2.45 bits per heavy atom. The van der Waals surface area contributed by atoms with Crippen LogP contribution >= 0.6 is 24.0 Å². The first-order chi connectivity index (χ1) is 5.20. The SMILES string of the molecule is CCN1C(=O)C(N=O)SC1=S. The van der Waals surface area contributed by atoms with E-state index in [9.17, 15) is 9.70 Å². The van der Waals surface area contributed by atoms with Crippen molar-refractivity contribution in [3.63, 3.8) is 0 Å². The first-order valence-corrected chi connectivity index (χ1v) is 4.34. The van der Waals surface area contributed by atoms with Gasteiger partial charge in [0.25, 0.3) is 5.91 Å². The van der Waals surface area contributed by atoms with Gasteiger partial charge in [-0.2, -0.15) is 0 Å². The number of carbonyl (C=O) groups is 1. The summed E-state index contributed by atoms with van der Waals surface area (Å²) < 4.78 is 0.446. The van der Waals surface area contributed by atoms with Gasteiger partial charge in [-0.15, -0.1) is 4.91 Å². The fourth-order valence-corrected chi connectivity index (χ4v) is 2.09. The maximum atomic E-state index is 11.1. The Balaban J connectivity index is 2.78. The van der Waals surface area contributed by atoms with Crippen LogP contribution in [0.25, 0.3) is 0 Å². The summed E-state index contributed by atoms with van der Waals surface area (Å²) in [7, 11) is 0. The molecule has 0 aromatic carbocycles. The standard InChI is InChI=1S/C5H6N2O2S2/c1-2-7-4(8)3(6-9)11-5(7)10/h3H,2H2,1H3. The molecule has 1 aliphatic heterocycles. The van der Waals surface area contributed by atoms with E-state index in [-0.39, 0.29) is 5.91 Å². The molecule has 6 heteroatoms. The van der Waals surface area contributed by atoms with Crippen molar-refractivity contribution in [3.8, 4) is 0 Å². The smallest absolute Gasteiger partial charge is 0.267 e. The normalized spacial score (nSPS) is 24.5. The van der Waals surface area contributed by atoms with Gasteiger partial charge in [-0.1, -0.05) is 24.0 Å². The molecule has 60 valence electrons. The van der Waals surface area contributed by atoms with Crippen LogP contribution in [0.3, 0.4) is 0 Å². The van der Waals surface area contributed by atoms with Crippen molar-refractivity contribution in [1.29, 1.82) is 0 Å². The molecule has 0 radical (unpaired) electrons. The van der Waals surface area contributed by atoms with E-state index in [2.05, 4.69) is 5.18 Å². The Morgan fingerprint density at radius 3 is 2.73 bits per heavy atom. The third-order valence-corrected chi connectivity index (χ3v) is 2.76. The van der Waals surface area contributed by atoms with Crippen LogP contribution in [0.2, 0.25) is 0 Å². The van der Waals surface area contributed by atoms with E-state index in [4.69, 9.17) is 12.2 Å². The first-order valence-electron chi connectivity index (χ1n) is 3.05. The Hall–Kier alpha value is -0.490. The maximum Gasteiger partial charge on any atom is 0.267 e. The number of nitroso groups, excluding NO2 is 1. The number of likely N-dealkylation sites (N-methyl/N-ethyl adjacent to an activating group) is 1. The topological polar surface area (TPSA) is 49.7 Å². The van der Waals surface area contributed by atoms with Crippen LogP contribution < -0.4 is 0 Å². The zero-order valence-corrected chi connectivity index (χ0v) is 7.44. The zero-order chi connectivity index (χ0) is 8.43. The van der Waals surface area contributed by atoms with Crippen LogP contribution in [-0.2, 0) is 4.79 Å². The molecule has 0 aromatic heterocycles. The number of hydrogen-bond acceptors (Lipinski definition) is 5. The van der Waals surface area contributed by atoms with Gasteiger partial charge in [0.05, 0.1) is 0 Å². The molecular weight excluding hydrogens is 184 g/mol. The second-order valence-electron chi connectivity index (χ2n) is 1.92. The molecule has 1 unspecified atom stereocenters. The molecule has 1 rings (SSSR count). The lowest BCUT2D eigenvalue weighted by atomic mass is 10.5. The summed E-state index contributed by atoms with van der Waals surface area (Å²) >= 11 is 5.86. The van der Waals surface area contributed by atoms with Gasteiger partial charge in [-0.05, 0) is 12.1 Å². The molecule has 1 aliphatic rings. The van der Waals surface area contributed by atoms with E-state index >= 15 is 0 Å². The maximum absolute atomic E-state index is 11.1. The number of hydrogen-bond donors (Lipinski definition) is 0. The molecule has 0 bridgehead atoms. The van der Waals surface area contributed by atoms with Gasteiger partial charge in [0, 0.05) is 6.54 Å². The number of amides is 1. The summed E-state index contributed by atoms with van der Waals surface area (Å²) in [5.41, 5.74) is 0. The molecule has 1 heterocycles. The van der Waals surface area contributed by atoms with E-state index in [1.165, 1.54) is 4.90 Å². The molecule has 11 heavy (non-hydrogen) atoms. The molecule has 0 aliphatic carbocycles. The minimum atomic E-state index is -0.845. The van der Waals surface area contributed by atoms with E-state index in [1.54, 1.807) is 6.92 Å². The lowest BCUT2D eigenvalue weighted by molar-refractivity contribution is -0.125. The van der Waals surface area contributed by atoms with Crippen molar-refractivity contribution in [2.45, 2.75) is 12.3 Å². The van der Waals surface area contributed by atoms with Crippen molar-refractivity contribution < 1.29 is 4.79 Å². The lowest BCUT2D eigenvalue weighted by Gasteiger charge is -2.09. The molecular formula is C5H6N2O2S2. The van der Waals surface area contributed by atoms with Crippen LogP contribution in [0, 0.1) is 4.91 Å². The van der Waals surface area contributed by atoms with Gasteiger partial charge < -0.3 is 0 Å². The molecule has 0 spiro atoms. The number of rotatable bonds is 2. The lowest BCUT2D eigenvalue weighted by Crippen LogP contribution is -2.30. The number of carbonyl (C=O) groups excluding carboxylic acids is 1. The highest BCUT2D eigenvalue weighted by molar-refractivity contribution is 8.24. The van der Waals surface area contributed by atoms with Gasteiger partial charge in [0.1, 0.15) is 4.32 Å². The minimum Gasteiger partial charge on any atom is -0.295 e. The van der Waals surface area contributed by atoms with Crippen molar-refractivity contribution in [2.24, 2.45) is 5.18 Å². The average molecular weight is 190 g/mol. The van der Waals surface area contributed by atoms with Gasteiger partial charge in [0.15, 0.2) is 0 Å². The summed E-state index contributed by atoms with van der Waals surface area (Å²) in [6.07, 6.45) is 0. The van der Waals surface area contributed by atoms with Gasteiger partial charge in [-0.3, -0.25) is 9.69 Å². The largest absolute Gasteiger partial charge is 0.295 e. The Kier molecular flexibility index (Phi) is 2.56. The van der Waals surface area contributed by atoms with Gasteiger partial charge in [0.2, 0.25) is 5.37 Å². The monoisotopic (exact) mass is 190 g/mol. The predicted octanol–water partition coefficient (Wildman–Crippen LogP) is 0.959. The average Bonchev–Trinajstić information content (AvgIpc) is 2.26. The third-order valence-electron chi connectivity index (χ3n) is 1.32. The molecule has 0 aromatic rings. The molecule has 0 N–H and O–H groups in total. The Bertz CT molecular complexity index is 219. The summed E-state index contributed by atoms with van der Waals surface area (Å²) in [6, 6.07) is 0. The first kappa shape index (κ1) is 8.61. The minimum absolute atomic E-state index is 0.294. The highest BCUT2D eigenvalue weighted by atomic mass is 32.2. The second kappa shape index (κ2) is 3.27. The quantitative estimate of drug-likeness (QED) is 0.480. The molecule has 1 atom stereocenters. The molecule has 1 saturated heterocycles. The third kappa shape index (κ3) is 1.41. The number of thioether (sulfide) groups is 1.